The molecule has 0 amide bonds. The van der Waals surface area contributed by atoms with Crippen LogP contribution in [0.1, 0.15) is 5.56 Å². The van der Waals surface area contributed by atoms with E-state index in [0.717, 1.165) is 5.56 Å². The lowest BCUT2D eigenvalue weighted by molar-refractivity contribution is 0.305. The van der Waals surface area contributed by atoms with Crippen molar-refractivity contribution in [3.8, 4) is 5.75 Å². The maximum Gasteiger partial charge on any atom is 0.248 e. The van der Waals surface area contributed by atoms with Crippen molar-refractivity contribution in [1.82, 2.24) is 4.98 Å². The highest BCUT2D eigenvalue weighted by Gasteiger charge is 1.97. The van der Waals surface area contributed by atoms with E-state index in [2.05, 4.69) is 4.98 Å². The maximum absolute atomic E-state index is 12.6. The predicted molar refractivity (Wildman–Crippen MR) is 57.8 cm³/mol. The van der Waals surface area contributed by atoms with E-state index in [1.54, 1.807) is 24.4 Å². The zero-order valence-electron chi connectivity index (χ0n) is 8.44. The number of aromatic nitrogens is 1. The fourth-order valence-electron chi connectivity index (χ4n) is 1.28. The van der Waals surface area contributed by atoms with Gasteiger partial charge in [0.1, 0.15) is 18.2 Å². The molecule has 3 nitrogen and oxygen atoms in total. The summed E-state index contributed by atoms with van der Waals surface area (Å²) >= 11 is 0. The van der Waals surface area contributed by atoms with E-state index in [1.165, 1.54) is 18.2 Å². The van der Waals surface area contributed by atoms with Crippen LogP contribution in [0.15, 0.2) is 47.4 Å². The summed E-state index contributed by atoms with van der Waals surface area (Å²) in [5.74, 6) is 0.269. The van der Waals surface area contributed by atoms with E-state index >= 15 is 0 Å². The topological polar surface area (TPSA) is 42.1 Å². The van der Waals surface area contributed by atoms with Gasteiger partial charge in [-0.25, -0.2) is 4.39 Å². The van der Waals surface area contributed by atoms with Gasteiger partial charge in [-0.2, -0.15) is 0 Å². The van der Waals surface area contributed by atoms with Crippen LogP contribution < -0.4 is 10.3 Å². The molecule has 1 aromatic carbocycles. The minimum Gasteiger partial charge on any atom is -0.489 e. The molecule has 0 aliphatic rings. The van der Waals surface area contributed by atoms with Gasteiger partial charge in [0, 0.05) is 12.3 Å². The SMILES string of the molecule is O=c1cc(COc2ccc(F)cc2)cc[nH]1. The Hall–Kier alpha value is -2.10. The van der Waals surface area contributed by atoms with Crippen molar-refractivity contribution in [2.45, 2.75) is 6.61 Å². The summed E-state index contributed by atoms with van der Waals surface area (Å²) in [7, 11) is 0. The molecule has 0 fully saturated rings. The van der Waals surface area contributed by atoms with E-state index in [1.807, 2.05) is 0 Å². The quantitative estimate of drug-likeness (QED) is 0.858. The van der Waals surface area contributed by atoms with Gasteiger partial charge in [-0.3, -0.25) is 4.79 Å². The van der Waals surface area contributed by atoms with Crippen molar-refractivity contribution >= 4 is 0 Å². The second-order valence-corrected chi connectivity index (χ2v) is 3.30. The van der Waals surface area contributed by atoms with E-state index in [-0.39, 0.29) is 18.0 Å². The van der Waals surface area contributed by atoms with Crippen LogP contribution >= 0.6 is 0 Å². The first kappa shape index (κ1) is 10.4. The van der Waals surface area contributed by atoms with Crippen molar-refractivity contribution in [2.75, 3.05) is 0 Å². The molecule has 2 aromatic rings. The Bertz CT molecular complexity index is 519. The molecule has 82 valence electrons. The van der Waals surface area contributed by atoms with Gasteiger partial charge in [0.15, 0.2) is 0 Å². The molecular weight excluding hydrogens is 209 g/mol. The molecule has 0 radical (unpaired) electrons. The molecule has 0 atom stereocenters. The lowest BCUT2D eigenvalue weighted by Crippen LogP contribution is -2.06. The van der Waals surface area contributed by atoms with Crippen LogP contribution in [-0.4, -0.2) is 4.98 Å². The average Bonchev–Trinajstić information content (AvgIpc) is 2.28. The van der Waals surface area contributed by atoms with Gasteiger partial charge in [-0.05, 0) is 35.9 Å². The van der Waals surface area contributed by atoms with Gasteiger partial charge in [0.2, 0.25) is 5.56 Å². The summed E-state index contributed by atoms with van der Waals surface area (Å²) in [6.07, 6.45) is 1.56. The van der Waals surface area contributed by atoms with Crippen LogP contribution in [0.4, 0.5) is 4.39 Å². The molecule has 1 aromatic heterocycles. The van der Waals surface area contributed by atoms with E-state index < -0.39 is 0 Å². The first-order chi connectivity index (χ1) is 7.74. The Morgan fingerprint density at radius 3 is 2.62 bits per heavy atom. The van der Waals surface area contributed by atoms with E-state index in [9.17, 15) is 9.18 Å². The fraction of sp³-hybridized carbons (Fsp3) is 0.0833. The summed E-state index contributed by atoms with van der Waals surface area (Å²) < 4.78 is 18.0. The number of pyridine rings is 1. The highest BCUT2D eigenvalue weighted by atomic mass is 19.1. The van der Waals surface area contributed by atoms with Crippen molar-refractivity contribution in [3.05, 3.63) is 64.3 Å². The fourth-order valence-corrected chi connectivity index (χ4v) is 1.28. The van der Waals surface area contributed by atoms with E-state index in [0.29, 0.717) is 5.75 Å². The molecule has 1 heterocycles. The smallest absolute Gasteiger partial charge is 0.248 e. The van der Waals surface area contributed by atoms with Crippen LogP contribution in [0.3, 0.4) is 0 Å². The summed E-state index contributed by atoms with van der Waals surface area (Å²) in [6.45, 7) is 0.287. The average molecular weight is 219 g/mol. The van der Waals surface area contributed by atoms with Gasteiger partial charge in [-0.1, -0.05) is 0 Å². The summed E-state index contributed by atoms with van der Waals surface area (Å²) in [5.41, 5.74) is 0.605. The van der Waals surface area contributed by atoms with Crippen LogP contribution in [0.25, 0.3) is 0 Å². The lowest BCUT2D eigenvalue weighted by atomic mass is 10.3. The van der Waals surface area contributed by atoms with Crippen molar-refractivity contribution in [1.29, 1.82) is 0 Å². The van der Waals surface area contributed by atoms with Crippen LogP contribution in [0.5, 0.6) is 5.75 Å². The molecule has 0 unspecified atom stereocenters. The number of rotatable bonds is 3. The van der Waals surface area contributed by atoms with E-state index in [4.69, 9.17) is 4.74 Å². The lowest BCUT2D eigenvalue weighted by Gasteiger charge is -2.05. The third-order valence-electron chi connectivity index (χ3n) is 2.06. The number of halogens is 1. The number of H-pyrrole nitrogens is 1. The molecule has 0 spiro atoms. The number of nitrogens with one attached hydrogen (secondary N) is 1. The number of aromatic amines is 1. The first-order valence-corrected chi connectivity index (χ1v) is 4.80. The molecule has 0 saturated carbocycles. The zero-order chi connectivity index (χ0) is 11.4. The largest absolute Gasteiger partial charge is 0.489 e. The number of hydrogen-bond acceptors (Lipinski definition) is 2. The Morgan fingerprint density at radius 2 is 1.94 bits per heavy atom. The third-order valence-corrected chi connectivity index (χ3v) is 2.06. The third kappa shape index (κ3) is 2.70. The molecule has 4 heteroatoms. The second-order valence-electron chi connectivity index (χ2n) is 3.30. The minimum absolute atomic E-state index is 0.166. The maximum atomic E-state index is 12.6. The molecule has 0 bridgehead atoms. The van der Waals surface area contributed by atoms with Gasteiger partial charge in [0.05, 0.1) is 0 Å². The van der Waals surface area contributed by atoms with Crippen LogP contribution in [0, 0.1) is 5.82 Å². The Balaban J connectivity index is 2.02. The summed E-state index contributed by atoms with van der Waals surface area (Å²) in [5, 5.41) is 0. The van der Waals surface area contributed by atoms with Crippen molar-refractivity contribution < 1.29 is 9.13 Å². The summed E-state index contributed by atoms with van der Waals surface area (Å²) in [4.78, 5) is 13.5. The second kappa shape index (κ2) is 4.61. The standard InChI is InChI=1S/C12H10FNO2/c13-10-1-3-11(4-2-10)16-8-9-5-6-14-12(15)7-9/h1-7H,8H2,(H,14,15). The Labute approximate surface area is 91.5 Å². The highest BCUT2D eigenvalue weighted by Crippen LogP contribution is 2.12. The van der Waals surface area contributed by atoms with Gasteiger partial charge in [0.25, 0.3) is 0 Å². The Kier molecular flexibility index (Phi) is 3.00. The monoisotopic (exact) mass is 219 g/mol. The number of benzene rings is 1. The highest BCUT2D eigenvalue weighted by molar-refractivity contribution is 5.22. The molecule has 0 saturated heterocycles. The van der Waals surface area contributed by atoms with Crippen LogP contribution in [-0.2, 0) is 6.61 Å². The molecule has 16 heavy (non-hydrogen) atoms. The molecular formula is C12H10FNO2. The zero-order valence-corrected chi connectivity index (χ0v) is 8.44. The van der Waals surface area contributed by atoms with Gasteiger partial charge < -0.3 is 9.72 Å². The normalized spacial score (nSPS) is 10.1. The van der Waals surface area contributed by atoms with Crippen molar-refractivity contribution in [3.63, 3.8) is 0 Å². The predicted octanol–water partition coefficient (Wildman–Crippen LogP) is 2.09. The van der Waals surface area contributed by atoms with Gasteiger partial charge >= 0.3 is 0 Å². The molecule has 1 N–H and O–H groups in total. The minimum atomic E-state index is -0.302. The van der Waals surface area contributed by atoms with Crippen molar-refractivity contribution in [2.24, 2.45) is 0 Å². The Morgan fingerprint density at radius 1 is 1.19 bits per heavy atom. The summed E-state index contributed by atoms with van der Waals surface area (Å²) in [6, 6.07) is 8.96. The number of hydrogen-bond donors (Lipinski definition) is 1. The molecule has 0 aliphatic carbocycles. The molecule has 0 aliphatic heterocycles. The number of ether oxygens (including phenoxy) is 1. The van der Waals surface area contributed by atoms with Crippen LogP contribution in [0.2, 0.25) is 0 Å². The molecule has 2 rings (SSSR count). The first-order valence-electron chi connectivity index (χ1n) is 4.80. The van der Waals surface area contributed by atoms with Gasteiger partial charge in [-0.15, -0.1) is 0 Å².